The number of rotatable bonds is 4. The Balaban J connectivity index is 2.65. The summed E-state index contributed by atoms with van der Waals surface area (Å²) in [5.74, 6) is -0.128. The molecule has 0 saturated heterocycles. The highest BCUT2D eigenvalue weighted by atomic mass is 32.2. The number of thioether (sulfide) groups is 1. The summed E-state index contributed by atoms with van der Waals surface area (Å²) < 4.78 is 0. The molecule has 1 unspecified atom stereocenters. The van der Waals surface area contributed by atoms with Crippen LogP contribution in [-0.4, -0.2) is 18.7 Å². The first-order valence-electron chi connectivity index (χ1n) is 4.80. The van der Waals surface area contributed by atoms with Gasteiger partial charge in [-0.3, -0.25) is 4.79 Å². The number of hydrogen-bond acceptors (Lipinski definition) is 3. The van der Waals surface area contributed by atoms with Crippen LogP contribution in [0, 0.1) is 0 Å². The Morgan fingerprint density at radius 2 is 2.07 bits per heavy atom. The van der Waals surface area contributed by atoms with E-state index in [1.807, 2.05) is 37.4 Å². The van der Waals surface area contributed by atoms with Gasteiger partial charge in [-0.1, -0.05) is 12.1 Å². The van der Waals surface area contributed by atoms with E-state index in [1.54, 1.807) is 11.8 Å². The van der Waals surface area contributed by atoms with Gasteiger partial charge >= 0.3 is 0 Å². The SMILES string of the molecule is CSc1ccc(C(C)NC(=O)CN)cc1. The lowest BCUT2D eigenvalue weighted by atomic mass is 10.1. The Bertz CT molecular complexity index is 324. The standard InChI is InChI=1S/C11H16N2OS/c1-8(13-11(14)7-12)9-3-5-10(15-2)6-4-9/h3-6,8H,7,12H2,1-2H3,(H,13,14). The molecule has 82 valence electrons. The number of nitrogens with two attached hydrogens (primary N) is 1. The fourth-order valence-electron chi connectivity index (χ4n) is 1.28. The summed E-state index contributed by atoms with van der Waals surface area (Å²) in [5, 5.41) is 2.81. The Kier molecular flexibility index (Phi) is 4.65. The number of amides is 1. The van der Waals surface area contributed by atoms with Crippen LogP contribution in [0.4, 0.5) is 0 Å². The lowest BCUT2D eigenvalue weighted by Crippen LogP contribution is -2.32. The van der Waals surface area contributed by atoms with Crippen LogP contribution in [0.3, 0.4) is 0 Å². The smallest absolute Gasteiger partial charge is 0.234 e. The molecule has 3 N–H and O–H groups in total. The van der Waals surface area contributed by atoms with E-state index in [-0.39, 0.29) is 18.5 Å². The Hall–Kier alpha value is -1.00. The van der Waals surface area contributed by atoms with Crippen LogP contribution < -0.4 is 11.1 Å². The first-order valence-corrected chi connectivity index (χ1v) is 6.03. The van der Waals surface area contributed by atoms with E-state index >= 15 is 0 Å². The van der Waals surface area contributed by atoms with Crippen molar-refractivity contribution in [1.82, 2.24) is 5.32 Å². The Morgan fingerprint density at radius 3 is 2.53 bits per heavy atom. The van der Waals surface area contributed by atoms with Gasteiger partial charge in [0.2, 0.25) is 5.91 Å². The molecule has 1 atom stereocenters. The minimum Gasteiger partial charge on any atom is -0.348 e. The molecule has 0 spiro atoms. The third kappa shape index (κ3) is 3.57. The average molecular weight is 224 g/mol. The van der Waals surface area contributed by atoms with E-state index in [0.717, 1.165) is 5.56 Å². The molecular formula is C11H16N2OS. The zero-order chi connectivity index (χ0) is 11.3. The van der Waals surface area contributed by atoms with Gasteiger partial charge in [0, 0.05) is 4.90 Å². The summed E-state index contributed by atoms with van der Waals surface area (Å²) in [6.07, 6.45) is 2.04. The zero-order valence-corrected chi connectivity index (χ0v) is 9.80. The second-order valence-electron chi connectivity index (χ2n) is 3.27. The molecule has 3 nitrogen and oxygen atoms in total. The molecule has 1 aromatic carbocycles. The number of carbonyl (C=O) groups excluding carboxylic acids is 1. The van der Waals surface area contributed by atoms with Crippen molar-refractivity contribution in [2.45, 2.75) is 17.9 Å². The third-order valence-electron chi connectivity index (χ3n) is 2.18. The largest absolute Gasteiger partial charge is 0.348 e. The molecule has 0 aliphatic heterocycles. The first-order chi connectivity index (χ1) is 7.17. The second kappa shape index (κ2) is 5.78. The van der Waals surface area contributed by atoms with Gasteiger partial charge in [-0.25, -0.2) is 0 Å². The first kappa shape index (κ1) is 12.1. The molecule has 15 heavy (non-hydrogen) atoms. The summed E-state index contributed by atoms with van der Waals surface area (Å²) in [7, 11) is 0. The molecule has 0 fully saturated rings. The van der Waals surface area contributed by atoms with Crippen molar-refractivity contribution in [2.75, 3.05) is 12.8 Å². The van der Waals surface area contributed by atoms with Gasteiger partial charge in [0.05, 0.1) is 12.6 Å². The molecule has 0 saturated carbocycles. The van der Waals surface area contributed by atoms with Crippen molar-refractivity contribution in [2.24, 2.45) is 5.73 Å². The monoisotopic (exact) mass is 224 g/mol. The highest BCUT2D eigenvalue weighted by Crippen LogP contribution is 2.18. The fraction of sp³-hybridized carbons (Fsp3) is 0.364. The maximum Gasteiger partial charge on any atom is 0.234 e. The number of nitrogens with one attached hydrogen (secondary N) is 1. The van der Waals surface area contributed by atoms with Crippen molar-refractivity contribution >= 4 is 17.7 Å². The quantitative estimate of drug-likeness (QED) is 0.763. The molecule has 4 heteroatoms. The maximum absolute atomic E-state index is 11.1. The lowest BCUT2D eigenvalue weighted by Gasteiger charge is -2.13. The van der Waals surface area contributed by atoms with Crippen LogP contribution in [-0.2, 0) is 4.79 Å². The molecule has 1 aromatic rings. The van der Waals surface area contributed by atoms with Crippen LogP contribution in [0.2, 0.25) is 0 Å². The second-order valence-corrected chi connectivity index (χ2v) is 4.15. The van der Waals surface area contributed by atoms with Gasteiger partial charge in [0.15, 0.2) is 0 Å². The zero-order valence-electron chi connectivity index (χ0n) is 8.99. The molecule has 0 heterocycles. The predicted molar refractivity (Wildman–Crippen MR) is 63.8 cm³/mol. The lowest BCUT2D eigenvalue weighted by molar-refractivity contribution is -0.120. The van der Waals surface area contributed by atoms with E-state index in [4.69, 9.17) is 5.73 Å². The van der Waals surface area contributed by atoms with Crippen LogP contribution >= 0.6 is 11.8 Å². The van der Waals surface area contributed by atoms with Crippen LogP contribution in [0.1, 0.15) is 18.5 Å². The van der Waals surface area contributed by atoms with Crippen molar-refractivity contribution in [3.8, 4) is 0 Å². The molecule has 0 aliphatic carbocycles. The molecule has 1 amide bonds. The Labute approximate surface area is 94.4 Å². The van der Waals surface area contributed by atoms with Crippen molar-refractivity contribution < 1.29 is 4.79 Å². The van der Waals surface area contributed by atoms with Gasteiger partial charge in [0.25, 0.3) is 0 Å². The summed E-state index contributed by atoms with van der Waals surface area (Å²) >= 11 is 1.70. The van der Waals surface area contributed by atoms with Gasteiger partial charge < -0.3 is 11.1 Å². The topological polar surface area (TPSA) is 55.1 Å². The van der Waals surface area contributed by atoms with Gasteiger partial charge in [-0.05, 0) is 30.9 Å². The highest BCUT2D eigenvalue weighted by molar-refractivity contribution is 7.98. The summed E-state index contributed by atoms with van der Waals surface area (Å²) in [4.78, 5) is 12.3. The maximum atomic E-state index is 11.1. The average Bonchev–Trinajstić information content (AvgIpc) is 2.29. The third-order valence-corrected chi connectivity index (χ3v) is 2.92. The van der Waals surface area contributed by atoms with Crippen molar-refractivity contribution in [1.29, 1.82) is 0 Å². The van der Waals surface area contributed by atoms with Crippen molar-refractivity contribution in [3.63, 3.8) is 0 Å². The number of carbonyl (C=O) groups is 1. The summed E-state index contributed by atoms with van der Waals surface area (Å²) in [6, 6.07) is 8.15. The van der Waals surface area contributed by atoms with Crippen LogP contribution in [0.5, 0.6) is 0 Å². The molecule has 1 rings (SSSR count). The molecular weight excluding hydrogens is 208 g/mol. The number of benzene rings is 1. The summed E-state index contributed by atoms with van der Waals surface area (Å²) in [5.41, 5.74) is 6.32. The van der Waals surface area contributed by atoms with E-state index < -0.39 is 0 Å². The molecule has 0 bridgehead atoms. The fourth-order valence-corrected chi connectivity index (χ4v) is 1.68. The van der Waals surface area contributed by atoms with Gasteiger partial charge in [0.1, 0.15) is 0 Å². The predicted octanol–water partition coefficient (Wildman–Crippen LogP) is 1.54. The Morgan fingerprint density at radius 1 is 1.47 bits per heavy atom. The van der Waals surface area contributed by atoms with Gasteiger partial charge in [-0.2, -0.15) is 0 Å². The normalized spacial score (nSPS) is 12.2. The van der Waals surface area contributed by atoms with E-state index in [0.29, 0.717) is 0 Å². The van der Waals surface area contributed by atoms with Crippen LogP contribution in [0.25, 0.3) is 0 Å². The van der Waals surface area contributed by atoms with E-state index in [9.17, 15) is 4.79 Å². The van der Waals surface area contributed by atoms with E-state index in [1.165, 1.54) is 4.90 Å². The molecule has 0 aliphatic rings. The summed E-state index contributed by atoms with van der Waals surface area (Å²) in [6.45, 7) is 1.98. The molecule has 0 radical (unpaired) electrons. The van der Waals surface area contributed by atoms with Gasteiger partial charge in [-0.15, -0.1) is 11.8 Å². The minimum atomic E-state index is -0.128. The number of hydrogen-bond donors (Lipinski definition) is 2. The minimum absolute atomic E-state index is 0.0111. The highest BCUT2D eigenvalue weighted by Gasteiger charge is 2.07. The van der Waals surface area contributed by atoms with Crippen molar-refractivity contribution in [3.05, 3.63) is 29.8 Å². The molecule has 0 aromatic heterocycles. The van der Waals surface area contributed by atoms with Crippen LogP contribution in [0.15, 0.2) is 29.2 Å². The van der Waals surface area contributed by atoms with E-state index in [2.05, 4.69) is 5.32 Å².